The number of nitrogens with zero attached hydrogens (tertiary/aromatic N) is 2. The molecule has 0 unspecified atom stereocenters. The van der Waals surface area contributed by atoms with Crippen molar-refractivity contribution in [1.29, 1.82) is 0 Å². The Labute approximate surface area is 145 Å². The highest BCUT2D eigenvalue weighted by molar-refractivity contribution is 14.0. The maximum absolute atomic E-state index is 4.30. The van der Waals surface area contributed by atoms with Gasteiger partial charge in [-0.1, -0.05) is 25.0 Å². The highest BCUT2D eigenvalue weighted by Gasteiger charge is 2.15. The van der Waals surface area contributed by atoms with Crippen LogP contribution in [0.4, 0.5) is 5.69 Å². The zero-order chi connectivity index (χ0) is 14.4. The third kappa shape index (κ3) is 5.73. The normalized spacial score (nSPS) is 15.5. The molecule has 0 saturated heterocycles. The molecule has 0 spiro atoms. The van der Waals surface area contributed by atoms with Crippen LogP contribution in [0.15, 0.2) is 29.3 Å². The summed E-state index contributed by atoms with van der Waals surface area (Å²) in [6.45, 7) is 0.806. The lowest BCUT2D eigenvalue weighted by atomic mass is 10.2. The molecule has 1 aromatic carbocycles. The number of hydrogen-bond donors (Lipinski definition) is 2. The number of halogens is 1. The Kier molecular flexibility index (Phi) is 7.85. The minimum atomic E-state index is 0. The molecule has 0 amide bonds. The molecule has 1 aliphatic rings. The lowest BCUT2D eigenvalue weighted by molar-refractivity contribution is 0.613. The largest absolute Gasteiger partial charge is 0.378 e. The fraction of sp³-hybridized carbons (Fsp3) is 0.562. The number of hydrogen-bond acceptors (Lipinski definition) is 2. The molecular formula is C16H27IN4. The van der Waals surface area contributed by atoms with E-state index in [2.05, 4.69) is 58.9 Å². The van der Waals surface area contributed by atoms with Crippen LogP contribution in [0.2, 0.25) is 0 Å². The molecule has 2 rings (SSSR count). The van der Waals surface area contributed by atoms with Crippen LogP contribution in [0, 0.1) is 0 Å². The summed E-state index contributed by atoms with van der Waals surface area (Å²) in [6, 6.07) is 9.20. The summed E-state index contributed by atoms with van der Waals surface area (Å²) in [5.41, 5.74) is 2.49. The van der Waals surface area contributed by atoms with Gasteiger partial charge in [0.05, 0.1) is 0 Å². The molecule has 0 heterocycles. The Balaban J connectivity index is 0.00000220. The van der Waals surface area contributed by atoms with Crippen molar-refractivity contribution in [3.63, 3.8) is 0 Å². The molecule has 5 heteroatoms. The van der Waals surface area contributed by atoms with Gasteiger partial charge < -0.3 is 15.5 Å². The van der Waals surface area contributed by atoms with Crippen LogP contribution in [0.3, 0.4) is 0 Å². The van der Waals surface area contributed by atoms with Crippen molar-refractivity contribution in [2.75, 3.05) is 26.0 Å². The number of aliphatic imine (C=N–C) groups is 1. The molecule has 0 aliphatic heterocycles. The predicted octanol–water partition coefficient (Wildman–Crippen LogP) is 2.98. The van der Waals surface area contributed by atoms with Crippen molar-refractivity contribution in [2.45, 2.75) is 38.3 Å². The Morgan fingerprint density at radius 2 is 1.81 bits per heavy atom. The van der Waals surface area contributed by atoms with E-state index in [1.165, 1.54) is 36.9 Å². The van der Waals surface area contributed by atoms with Gasteiger partial charge in [-0.15, -0.1) is 24.0 Å². The second-order valence-electron chi connectivity index (χ2n) is 5.61. The fourth-order valence-electron chi connectivity index (χ4n) is 2.56. The molecule has 0 aromatic heterocycles. The molecule has 2 N–H and O–H groups in total. The van der Waals surface area contributed by atoms with Gasteiger partial charge in [0.1, 0.15) is 0 Å². The maximum atomic E-state index is 4.30. The van der Waals surface area contributed by atoms with Crippen LogP contribution in [0.25, 0.3) is 0 Å². The van der Waals surface area contributed by atoms with E-state index in [1.807, 2.05) is 7.05 Å². The highest BCUT2D eigenvalue weighted by Crippen LogP contribution is 2.17. The first-order valence-electron chi connectivity index (χ1n) is 7.42. The topological polar surface area (TPSA) is 39.7 Å². The Bertz CT molecular complexity index is 436. The number of anilines is 1. The maximum Gasteiger partial charge on any atom is 0.191 e. The lowest BCUT2D eigenvalue weighted by Gasteiger charge is -2.17. The third-order valence-electron chi connectivity index (χ3n) is 3.83. The van der Waals surface area contributed by atoms with Gasteiger partial charge in [-0.25, -0.2) is 0 Å². The second-order valence-corrected chi connectivity index (χ2v) is 5.61. The molecule has 21 heavy (non-hydrogen) atoms. The average Bonchev–Trinajstić information content (AvgIpc) is 2.96. The standard InChI is InChI=1S/C16H26N4.HI/c1-17-16(19-14-6-4-5-7-14)18-12-13-8-10-15(11-9-13)20(2)3;/h8-11,14H,4-7,12H2,1-3H3,(H2,17,18,19);1H. The van der Waals surface area contributed by atoms with Crippen LogP contribution in [0.1, 0.15) is 31.2 Å². The average molecular weight is 402 g/mol. The molecule has 0 bridgehead atoms. The molecule has 118 valence electrons. The quantitative estimate of drug-likeness (QED) is 0.462. The zero-order valence-electron chi connectivity index (χ0n) is 13.2. The van der Waals surface area contributed by atoms with Gasteiger partial charge in [-0.2, -0.15) is 0 Å². The van der Waals surface area contributed by atoms with E-state index in [1.54, 1.807) is 0 Å². The van der Waals surface area contributed by atoms with Crippen molar-refractivity contribution in [3.8, 4) is 0 Å². The summed E-state index contributed by atoms with van der Waals surface area (Å²) in [7, 11) is 5.95. The van der Waals surface area contributed by atoms with Crippen LogP contribution in [0.5, 0.6) is 0 Å². The van der Waals surface area contributed by atoms with E-state index >= 15 is 0 Å². The number of nitrogens with one attached hydrogen (secondary N) is 2. The molecule has 0 radical (unpaired) electrons. The second kappa shape index (κ2) is 9.12. The number of benzene rings is 1. The van der Waals surface area contributed by atoms with Crippen molar-refractivity contribution in [1.82, 2.24) is 10.6 Å². The predicted molar refractivity (Wildman–Crippen MR) is 102 cm³/mol. The summed E-state index contributed by atoms with van der Waals surface area (Å²) >= 11 is 0. The van der Waals surface area contributed by atoms with Crippen molar-refractivity contribution in [2.24, 2.45) is 4.99 Å². The van der Waals surface area contributed by atoms with Gasteiger partial charge in [0.2, 0.25) is 0 Å². The summed E-state index contributed by atoms with van der Waals surface area (Å²) in [4.78, 5) is 6.41. The van der Waals surface area contributed by atoms with Gasteiger partial charge in [0.15, 0.2) is 5.96 Å². The summed E-state index contributed by atoms with van der Waals surface area (Å²) < 4.78 is 0. The third-order valence-corrected chi connectivity index (χ3v) is 3.83. The van der Waals surface area contributed by atoms with Crippen molar-refractivity contribution in [3.05, 3.63) is 29.8 Å². The minimum Gasteiger partial charge on any atom is -0.378 e. The summed E-state index contributed by atoms with van der Waals surface area (Å²) in [5, 5.41) is 6.88. The summed E-state index contributed by atoms with van der Waals surface area (Å²) in [6.07, 6.45) is 5.19. The van der Waals surface area contributed by atoms with Gasteiger partial charge in [-0.3, -0.25) is 4.99 Å². The number of guanidine groups is 1. The molecule has 1 saturated carbocycles. The van der Waals surface area contributed by atoms with Crippen molar-refractivity contribution < 1.29 is 0 Å². The van der Waals surface area contributed by atoms with E-state index in [0.717, 1.165) is 12.5 Å². The monoisotopic (exact) mass is 402 g/mol. The van der Waals surface area contributed by atoms with Crippen LogP contribution in [-0.4, -0.2) is 33.1 Å². The lowest BCUT2D eigenvalue weighted by Crippen LogP contribution is -2.41. The molecule has 1 aromatic rings. The Morgan fingerprint density at radius 3 is 2.33 bits per heavy atom. The van der Waals surface area contributed by atoms with E-state index in [0.29, 0.717) is 6.04 Å². The molecular weight excluding hydrogens is 375 g/mol. The molecule has 1 aliphatic carbocycles. The van der Waals surface area contributed by atoms with Gasteiger partial charge in [0, 0.05) is 39.4 Å². The SMILES string of the molecule is CN=C(NCc1ccc(N(C)C)cc1)NC1CCCC1.I. The molecule has 0 atom stereocenters. The van der Waals surface area contributed by atoms with Gasteiger partial charge in [-0.05, 0) is 30.5 Å². The van der Waals surface area contributed by atoms with E-state index < -0.39 is 0 Å². The smallest absolute Gasteiger partial charge is 0.191 e. The molecule has 1 fully saturated rings. The zero-order valence-corrected chi connectivity index (χ0v) is 15.6. The van der Waals surface area contributed by atoms with Crippen molar-refractivity contribution >= 4 is 35.6 Å². The number of rotatable bonds is 4. The van der Waals surface area contributed by atoms with Gasteiger partial charge >= 0.3 is 0 Å². The first kappa shape index (κ1) is 18.1. The van der Waals surface area contributed by atoms with E-state index in [4.69, 9.17) is 0 Å². The summed E-state index contributed by atoms with van der Waals surface area (Å²) in [5.74, 6) is 0.911. The van der Waals surface area contributed by atoms with E-state index in [9.17, 15) is 0 Å². The fourth-order valence-corrected chi connectivity index (χ4v) is 2.56. The van der Waals surface area contributed by atoms with Crippen LogP contribution < -0.4 is 15.5 Å². The highest BCUT2D eigenvalue weighted by atomic mass is 127. The van der Waals surface area contributed by atoms with Crippen LogP contribution in [-0.2, 0) is 6.54 Å². The Hall–Kier alpha value is -0.980. The first-order chi connectivity index (χ1) is 9.69. The van der Waals surface area contributed by atoms with Gasteiger partial charge in [0.25, 0.3) is 0 Å². The molecule has 4 nitrogen and oxygen atoms in total. The van der Waals surface area contributed by atoms with Crippen LogP contribution >= 0.6 is 24.0 Å². The first-order valence-corrected chi connectivity index (χ1v) is 7.42. The Morgan fingerprint density at radius 1 is 1.19 bits per heavy atom. The van der Waals surface area contributed by atoms with E-state index in [-0.39, 0.29) is 24.0 Å². The minimum absolute atomic E-state index is 0.